The molecule has 28 heavy (non-hydrogen) atoms. The molecule has 12 heteroatoms. The van der Waals surface area contributed by atoms with Gasteiger partial charge in [-0.2, -0.15) is 10.2 Å². The van der Waals surface area contributed by atoms with E-state index in [1.807, 2.05) is 4.72 Å². The lowest BCUT2D eigenvalue weighted by Crippen LogP contribution is -2.35. The first-order valence-corrected chi connectivity index (χ1v) is 9.13. The third-order valence-electron chi connectivity index (χ3n) is 3.21. The Kier molecular flexibility index (Phi) is 6.46. The summed E-state index contributed by atoms with van der Waals surface area (Å²) < 4.78 is 32.1. The quantitative estimate of drug-likeness (QED) is 0.537. The summed E-state index contributed by atoms with van der Waals surface area (Å²) >= 11 is 0. The van der Waals surface area contributed by atoms with Crippen LogP contribution in [0.25, 0.3) is 0 Å². The molecule has 0 aliphatic rings. The van der Waals surface area contributed by atoms with Crippen molar-refractivity contribution in [3.8, 4) is 11.9 Å². The third-order valence-corrected chi connectivity index (χ3v) is 4.60. The molecule has 0 atom stereocenters. The van der Waals surface area contributed by atoms with E-state index < -0.39 is 16.1 Å². The van der Waals surface area contributed by atoms with Gasteiger partial charge in [0.15, 0.2) is 5.71 Å². The SMILES string of the molecule is CON=C(C#N)c1ccccc1S(=O)(=O)NC(=O)Nc1nc(C)cc(OC)n1. The number of aryl methyl sites for hydroxylation is 1. The van der Waals surface area contributed by atoms with Crippen LogP contribution in [0, 0.1) is 18.3 Å². The van der Waals surface area contributed by atoms with Gasteiger partial charge in [0, 0.05) is 17.3 Å². The molecule has 2 rings (SSSR count). The van der Waals surface area contributed by atoms with Crippen molar-refractivity contribution in [3.63, 3.8) is 0 Å². The standard InChI is InChI=1S/C16H16N6O5S/c1-10-8-14(26-2)19-15(18-10)20-16(23)22-28(24,25)13-7-5-4-6-11(13)12(9-17)21-27-3/h4-8H,1-3H3,(H2,18,19,20,22,23). The van der Waals surface area contributed by atoms with Gasteiger partial charge < -0.3 is 9.57 Å². The molecule has 1 aromatic carbocycles. The maximum atomic E-state index is 12.6. The second-order valence-electron chi connectivity index (χ2n) is 5.17. The molecular weight excluding hydrogens is 388 g/mol. The Bertz CT molecular complexity index is 1060. The Labute approximate surface area is 161 Å². The number of ether oxygens (including phenoxy) is 1. The first-order chi connectivity index (χ1) is 13.3. The van der Waals surface area contributed by atoms with Crippen molar-refractivity contribution in [1.82, 2.24) is 14.7 Å². The van der Waals surface area contributed by atoms with Crippen molar-refractivity contribution in [3.05, 3.63) is 41.6 Å². The third kappa shape index (κ3) is 4.92. The molecule has 2 amide bonds. The molecule has 0 radical (unpaired) electrons. The van der Waals surface area contributed by atoms with Gasteiger partial charge in [-0.1, -0.05) is 23.4 Å². The van der Waals surface area contributed by atoms with Crippen LogP contribution in [-0.2, 0) is 14.9 Å². The highest BCUT2D eigenvalue weighted by Gasteiger charge is 2.24. The van der Waals surface area contributed by atoms with E-state index in [1.165, 1.54) is 44.6 Å². The number of rotatable bonds is 6. The molecule has 0 saturated carbocycles. The lowest BCUT2D eigenvalue weighted by Gasteiger charge is -2.11. The van der Waals surface area contributed by atoms with Gasteiger partial charge in [0.05, 0.1) is 12.0 Å². The Morgan fingerprint density at radius 2 is 1.96 bits per heavy atom. The maximum Gasteiger partial charge on any atom is 0.335 e. The van der Waals surface area contributed by atoms with Gasteiger partial charge in [-0.25, -0.2) is 22.9 Å². The second kappa shape index (κ2) is 8.78. The summed E-state index contributed by atoms with van der Waals surface area (Å²) in [5, 5.41) is 14.9. The number of anilines is 1. The van der Waals surface area contributed by atoms with Crippen molar-refractivity contribution >= 4 is 27.7 Å². The molecule has 0 aliphatic carbocycles. The van der Waals surface area contributed by atoms with E-state index in [4.69, 9.17) is 10.00 Å². The lowest BCUT2D eigenvalue weighted by molar-refractivity contribution is 0.214. The van der Waals surface area contributed by atoms with E-state index in [1.54, 1.807) is 13.0 Å². The van der Waals surface area contributed by atoms with Gasteiger partial charge in [-0.05, 0) is 13.0 Å². The predicted molar refractivity (Wildman–Crippen MR) is 98.3 cm³/mol. The Hall–Kier alpha value is -3.72. The number of hydrogen-bond acceptors (Lipinski definition) is 9. The van der Waals surface area contributed by atoms with Crippen LogP contribution in [0.15, 0.2) is 40.4 Å². The van der Waals surface area contributed by atoms with Crippen molar-refractivity contribution in [2.24, 2.45) is 5.16 Å². The number of carbonyl (C=O) groups excluding carboxylic acids is 1. The van der Waals surface area contributed by atoms with Gasteiger partial charge in [0.1, 0.15) is 13.2 Å². The number of urea groups is 1. The number of oxime groups is 1. The van der Waals surface area contributed by atoms with Crippen LogP contribution in [0.2, 0.25) is 0 Å². The number of methoxy groups -OCH3 is 1. The van der Waals surface area contributed by atoms with Gasteiger partial charge >= 0.3 is 6.03 Å². The fraction of sp³-hybridized carbons (Fsp3) is 0.188. The van der Waals surface area contributed by atoms with Crippen molar-refractivity contribution in [1.29, 1.82) is 5.26 Å². The highest BCUT2D eigenvalue weighted by atomic mass is 32.2. The summed E-state index contributed by atoms with van der Waals surface area (Å²) in [5.74, 6) is 0.0573. The topological polar surface area (TPSA) is 156 Å². The lowest BCUT2D eigenvalue weighted by atomic mass is 10.1. The number of carbonyl (C=O) groups is 1. The zero-order chi connectivity index (χ0) is 20.7. The molecule has 0 aliphatic heterocycles. The fourth-order valence-corrected chi connectivity index (χ4v) is 3.24. The predicted octanol–water partition coefficient (Wildman–Crippen LogP) is 1.18. The largest absolute Gasteiger partial charge is 0.481 e. The van der Waals surface area contributed by atoms with Crippen LogP contribution in [0.5, 0.6) is 5.88 Å². The zero-order valence-corrected chi connectivity index (χ0v) is 15.9. The Morgan fingerprint density at radius 3 is 2.61 bits per heavy atom. The normalized spacial score (nSPS) is 11.3. The monoisotopic (exact) mass is 404 g/mol. The summed E-state index contributed by atoms with van der Waals surface area (Å²) in [4.78, 5) is 24.2. The van der Waals surface area contributed by atoms with Crippen LogP contribution < -0.4 is 14.8 Å². The van der Waals surface area contributed by atoms with Gasteiger partial charge in [-0.3, -0.25) is 5.32 Å². The smallest absolute Gasteiger partial charge is 0.335 e. The van der Waals surface area contributed by atoms with Gasteiger partial charge in [-0.15, -0.1) is 0 Å². The van der Waals surface area contributed by atoms with Crippen molar-refractivity contribution in [2.45, 2.75) is 11.8 Å². The van der Waals surface area contributed by atoms with Crippen molar-refractivity contribution in [2.75, 3.05) is 19.5 Å². The number of hydrogen-bond donors (Lipinski definition) is 2. The highest BCUT2D eigenvalue weighted by molar-refractivity contribution is 7.90. The average molecular weight is 404 g/mol. The van der Waals surface area contributed by atoms with E-state index in [-0.39, 0.29) is 28.0 Å². The molecule has 2 N–H and O–H groups in total. The number of benzene rings is 1. The minimum Gasteiger partial charge on any atom is -0.481 e. The Balaban J connectivity index is 2.30. The second-order valence-corrected chi connectivity index (χ2v) is 6.82. The van der Waals surface area contributed by atoms with Gasteiger partial charge in [0.2, 0.25) is 11.8 Å². The minimum atomic E-state index is -4.35. The van der Waals surface area contributed by atoms with Crippen LogP contribution in [0.3, 0.4) is 0 Å². The summed E-state index contributed by atoms with van der Waals surface area (Å²) in [7, 11) is -1.74. The fourth-order valence-electron chi connectivity index (χ4n) is 2.12. The molecule has 146 valence electrons. The van der Waals surface area contributed by atoms with Crippen molar-refractivity contribution < 1.29 is 22.8 Å². The first-order valence-electron chi connectivity index (χ1n) is 7.65. The number of nitrogens with one attached hydrogen (secondary N) is 2. The van der Waals surface area contributed by atoms with Gasteiger partial charge in [0.25, 0.3) is 10.0 Å². The number of sulfonamides is 1. The highest BCUT2D eigenvalue weighted by Crippen LogP contribution is 2.17. The van der Waals surface area contributed by atoms with E-state index in [0.29, 0.717) is 5.69 Å². The van der Waals surface area contributed by atoms with E-state index in [9.17, 15) is 13.2 Å². The summed E-state index contributed by atoms with van der Waals surface area (Å²) in [5.41, 5.74) is 0.209. The maximum absolute atomic E-state index is 12.6. The van der Waals surface area contributed by atoms with E-state index in [2.05, 4.69) is 25.3 Å². The summed E-state index contributed by atoms with van der Waals surface area (Å²) in [6.45, 7) is 1.65. The number of nitriles is 1. The molecule has 0 spiro atoms. The zero-order valence-electron chi connectivity index (χ0n) is 15.1. The summed E-state index contributed by atoms with van der Waals surface area (Å²) in [6, 6.07) is 7.73. The van der Waals surface area contributed by atoms with Crippen LogP contribution in [0.1, 0.15) is 11.3 Å². The van der Waals surface area contributed by atoms with Crippen LogP contribution >= 0.6 is 0 Å². The molecule has 0 saturated heterocycles. The Morgan fingerprint density at radius 1 is 1.25 bits per heavy atom. The van der Waals surface area contributed by atoms with E-state index in [0.717, 1.165) is 0 Å². The van der Waals surface area contributed by atoms with Crippen LogP contribution in [0.4, 0.5) is 10.7 Å². The number of aromatic nitrogens is 2. The molecule has 0 unspecified atom stereocenters. The molecule has 1 heterocycles. The average Bonchev–Trinajstić information content (AvgIpc) is 2.65. The van der Waals surface area contributed by atoms with E-state index >= 15 is 0 Å². The summed E-state index contributed by atoms with van der Waals surface area (Å²) in [6.07, 6.45) is 0. The molecule has 0 fully saturated rings. The van der Waals surface area contributed by atoms with Crippen LogP contribution in [-0.4, -0.2) is 44.3 Å². The molecule has 11 nitrogen and oxygen atoms in total. The number of nitrogens with zero attached hydrogens (tertiary/aromatic N) is 4. The molecule has 0 bridgehead atoms. The first kappa shape index (κ1) is 20.6. The number of amides is 2. The molecule has 2 aromatic rings. The molecular formula is C16H16N6O5S. The minimum absolute atomic E-state index is 0.0272. The molecule has 1 aromatic heterocycles.